The number of aromatic nitrogens is 3. The molecular formula is C14H17ClN4O2. The van der Waals surface area contributed by atoms with Crippen LogP contribution in [-0.2, 0) is 6.54 Å². The Bertz CT molecular complexity index is 607. The van der Waals surface area contributed by atoms with E-state index in [4.69, 9.17) is 21.1 Å². The highest BCUT2D eigenvalue weighted by Crippen LogP contribution is 2.29. The third kappa shape index (κ3) is 3.95. The first-order chi connectivity index (χ1) is 10.1. The Balaban J connectivity index is 2.15. The molecule has 0 aliphatic carbocycles. The summed E-state index contributed by atoms with van der Waals surface area (Å²) in [4.78, 5) is 12.2. The summed E-state index contributed by atoms with van der Waals surface area (Å²) < 4.78 is 10.9. The zero-order chi connectivity index (χ0) is 15.2. The fourth-order valence-corrected chi connectivity index (χ4v) is 1.94. The Morgan fingerprint density at radius 3 is 2.81 bits per heavy atom. The van der Waals surface area contributed by atoms with Crippen molar-refractivity contribution in [2.45, 2.75) is 26.5 Å². The van der Waals surface area contributed by atoms with Gasteiger partial charge in [-0.1, -0.05) is 17.7 Å². The Morgan fingerprint density at radius 2 is 2.10 bits per heavy atom. The molecule has 1 N–H and O–H groups in total. The van der Waals surface area contributed by atoms with Crippen molar-refractivity contribution < 1.29 is 9.47 Å². The van der Waals surface area contributed by atoms with Crippen LogP contribution < -0.4 is 14.8 Å². The molecule has 0 radical (unpaired) electrons. The SMILES string of the molecule is COc1c(Cl)ncnc1NCc1cccnc1OC(C)C. The lowest BCUT2D eigenvalue weighted by Crippen LogP contribution is -2.11. The number of ether oxygens (including phenoxy) is 2. The van der Waals surface area contributed by atoms with Crippen LogP contribution in [0.25, 0.3) is 0 Å². The Labute approximate surface area is 128 Å². The van der Waals surface area contributed by atoms with Crippen LogP contribution in [0.15, 0.2) is 24.7 Å². The lowest BCUT2D eigenvalue weighted by Gasteiger charge is -2.14. The second-order valence-electron chi connectivity index (χ2n) is 4.53. The zero-order valence-electron chi connectivity index (χ0n) is 12.1. The zero-order valence-corrected chi connectivity index (χ0v) is 12.9. The molecule has 0 saturated heterocycles. The molecule has 2 aromatic rings. The van der Waals surface area contributed by atoms with E-state index < -0.39 is 0 Å². The molecule has 0 fully saturated rings. The Morgan fingerprint density at radius 1 is 1.29 bits per heavy atom. The van der Waals surface area contributed by atoms with E-state index in [-0.39, 0.29) is 11.3 Å². The van der Waals surface area contributed by atoms with Gasteiger partial charge in [0.15, 0.2) is 16.7 Å². The molecule has 0 saturated carbocycles. The van der Waals surface area contributed by atoms with Crippen molar-refractivity contribution >= 4 is 17.4 Å². The summed E-state index contributed by atoms with van der Waals surface area (Å²) in [6.07, 6.45) is 3.13. The fraction of sp³-hybridized carbons (Fsp3) is 0.357. The first kappa shape index (κ1) is 15.3. The number of nitrogens with zero attached hydrogens (tertiary/aromatic N) is 3. The maximum Gasteiger partial charge on any atom is 0.218 e. The quantitative estimate of drug-likeness (QED) is 0.827. The summed E-state index contributed by atoms with van der Waals surface area (Å²) in [7, 11) is 1.52. The molecule has 0 aliphatic rings. The normalized spacial score (nSPS) is 10.5. The van der Waals surface area contributed by atoms with Crippen molar-refractivity contribution in [2.24, 2.45) is 0 Å². The van der Waals surface area contributed by atoms with Gasteiger partial charge in [-0.3, -0.25) is 0 Å². The highest BCUT2D eigenvalue weighted by atomic mass is 35.5. The molecule has 7 heteroatoms. The van der Waals surface area contributed by atoms with Gasteiger partial charge in [-0.15, -0.1) is 0 Å². The number of halogens is 1. The van der Waals surface area contributed by atoms with Crippen LogP contribution in [0.3, 0.4) is 0 Å². The van der Waals surface area contributed by atoms with Gasteiger partial charge in [-0.05, 0) is 19.9 Å². The van der Waals surface area contributed by atoms with Crippen LogP contribution in [0.1, 0.15) is 19.4 Å². The molecule has 2 heterocycles. The third-order valence-electron chi connectivity index (χ3n) is 2.61. The summed E-state index contributed by atoms with van der Waals surface area (Å²) in [5.41, 5.74) is 0.919. The topological polar surface area (TPSA) is 69.2 Å². The minimum absolute atomic E-state index is 0.0571. The highest BCUT2D eigenvalue weighted by molar-refractivity contribution is 6.31. The van der Waals surface area contributed by atoms with E-state index in [1.54, 1.807) is 6.20 Å². The Hall–Kier alpha value is -2.08. The maximum atomic E-state index is 5.96. The van der Waals surface area contributed by atoms with Crippen molar-refractivity contribution in [1.29, 1.82) is 0 Å². The van der Waals surface area contributed by atoms with E-state index in [0.717, 1.165) is 5.56 Å². The average molecular weight is 309 g/mol. The van der Waals surface area contributed by atoms with Gasteiger partial charge in [0, 0.05) is 18.3 Å². The van der Waals surface area contributed by atoms with Gasteiger partial charge in [0.25, 0.3) is 0 Å². The fourth-order valence-electron chi connectivity index (χ4n) is 1.73. The summed E-state index contributed by atoms with van der Waals surface area (Å²) in [6, 6.07) is 3.79. The molecule has 0 bridgehead atoms. The van der Waals surface area contributed by atoms with Crippen LogP contribution in [0.2, 0.25) is 5.15 Å². The second-order valence-corrected chi connectivity index (χ2v) is 4.89. The van der Waals surface area contributed by atoms with Gasteiger partial charge in [0.05, 0.1) is 13.2 Å². The molecule has 0 atom stereocenters. The number of anilines is 1. The van der Waals surface area contributed by atoms with Crippen LogP contribution in [0.5, 0.6) is 11.6 Å². The molecule has 6 nitrogen and oxygen atoms in total. The molecule has 2 aromatic heterocycles. The van der Waals surface area contributed by atoms with E-state index in [9.17, 15) is 0 Å². The summed E-state index contributed by atoms with van der Waals surface area (Å²) in [5.74, 6) is 1.53. The standard InChI is InChI=1S/C14H17ClN4O2/c1-9(2)21-14-10(5-4-6-16-14)7-17-13-11(20-3)12(15)18-8-19-13/h4-6,8-9H,7H2,1-3H3,(H,17,18,19). The largest absolute Gasteiger partial charge is 0.490 e. The molecule has 2 rings (SSSR count). The average Bonchev–Trinajstić information content (AvgIpc) is 2.46. The predicted molar refractivity (Wildman–Crippen MR) is 80.9 cm³/mol. The van der Waals surface area contributed by atoms with Gasteiger partial charge in [-0.2, -0.15) is 0 Å². The van der Waals surface area contributed by atoms with Crippen molar-refractivity contribution in [3.05, 3.63) is 35.4 Å². The van der Waals surface area contributed by atoms with Crippen LogP contribution in [0.4, 0.5) is 5.82 Å². The minimum atomic E-state index is 0.0571. The van der Waals surface area contributed by atoms with Gasteiger partial charge in [0.1, 0.15) is 6.33 Å². The van der Waals surface area contributed by atoms with E-state index in [1.807, 2.05) is 26.0 Å². The van der Waals surface area contributed by atoms with Crippen molar-refractivity contribution in [2.75, 3.05) is 12.4 Å². The molecule has 0 aromatic carbocycles. The first-order valence-electron chi connectivity index (χ1n) is 6.50. The van der Waals surface area contributed by atoms with Gasteiger partial charge in [0.2, 0.25) is 5.88 Å². The predicted octanol–water partition coefficient (Wildman–Crippen LogP) is 2.93. The maximum absolute atomic E-state index is 5.96. The van der Waals surface area contributed by atoms with Crippen LogP contribution in [-0.4, -0.2) is 28.2 Å². The lowest BCUT2D eigenvalue weighted by atomic mass is 10.2. The number of methoxy groups -OCH3 is 1. The van der Waals surface area contributed by atoms with Crippen molar-refractivity contribution in [1.82, 2.24) is 15.0 Å². The van der Waals surface area contributed by atoms with E-state index in [2.05, 4.69) is 20.3 Å². The molecule has 0 amide bonds. The van der Waals surface area contributed by atoms with E-state index in [0.29, 0.717) is 24.0 Å². The van der Waals surface area contributed by atoms with Crippen LogP contribution >= 0.6 is 11.6 Å². The molecule has 0 spiro atoms. The first-order valence-corrected chi connectivity index (χ1v) is 6.88. The summed E-state index contributed by atoms with van der Waals surface area (Å²) in [5, 5.41) is 3.42. The monoisotopic (exact) mass is 308 g/mol. The number of pyridine rings is 1. The molecular weight excluding hydrogens is 292 g/mol. The van der Waals surface area contributed by atoms with Gasteiger partial charge in [-0.25, -0.2) is 15.0 Å². The van der Waals surface area contributed by atoms with E-state index >= 15 is 0 Å². The molecule has 0 unspecified atom stereocenters. The van der Waals surface area contributed by atoms with Crippen LogP contribution in [0, 0.1) is 0 Å². The summed E-state index contributed by atoms with van der Waals surface area (Å²) in [6.45, 7) is 4.40. The molecule has 112 valence electrons. The van der Waals surface area contributed by atoms with Crippen molar-refractivity contribution in [3.8, 4) is 11.6 Å². The van der Waals surface area contributed by atoms with Gasteiger partial charge < -0.3 is 14.8 Å². The lowest BCUT2D eigenvalue weighted by molar-refractivity contribution is 0.230. The summed E-state index contributed by atoms with van der Waals surface area (Å²) >= 11 is 5.96. The van der Waals surface area contributed by atoms with Gasteiger partial charge >= 0.3 is 0 Å². The number of hydrogen-bond donors (Lipinski definition) is 1. The smallest absolute Gasteiger partial charge is 0.218 e. The molecule has 21 heavy (non-hydrogen) atoms. The highest BCUT2D eigenvalue weighted by Gasteiger charge is 2.12. The molecule has 0 aliphatic heterocycles. The van der Waals surface area contributed by atoms with E-state index in [1.165, 1.54) is 13.4 Å². The second kappa shape index (κ2) is 7.08. The number of nitrogens with one attached hydrogen (secondary N) is 1. The minimum Gasteiger partial charge on any atom is -0.490 e. The number of hydrogen-bond acceptors (Lipinski definition) is 6. The Kier molecular flexibility index (Phi) is 5.16. The third-order valence-corrected chi connectivity index (χ3v) is 2.88. The van der Waals surface area contributed by atoms with Crippen molar-refractivity contribution in [3.63, 3.8) is 0 Å². The number of rotatable bonds is 6.